The average molecular weight is 271 g/mol. The third-order valence-corrected chi connectivity index (χ3v) is 3.78. The Morgan fingerprint density at radius 2 is 0.737 bits per heavy atom. The van der Waals surface area contributed by atoms with Crippen molar-refractivity contribution in [1.29, 1.82) is 0 Å². The molecule has 116 valence electrons. The van der Waals surface area contributed by atoms with E-state index in [1.165, 1.54) is 89.9 Å². The molecule has 0 atom stereocenters. The lowest BCUT2D eigenvalue weighted by Crippen LogP contribution is -1.97. The van der Waals surface area contributed by atoms with Crippen molar-refractivity contribution in [2.75, 3.05) is 13.2 Å². The van der Waals surface area contributed by atoms with Crippen molar-refractivity contribution in [3.8, 4) is 0 Å². The quantitative estimate of drug-likeness (QED) is 0.291. The molecule has 19 heavy (non-hydrogen) atoms. The molecule has 0 aliphatic rings. The molecule has 0 aromatic carbocycles. The molecule has 0 aliphatic heterocycles. The number of hydrogen-bond acceptors (Lipinski definition) is 1. The molecular formula is C18H38O. The average Bonchev–Trinajstić information content (AvgIpc) is 2.43. The summed E-state index contributed by atoms with van der Waals surface area (Å²) in [5.41, 5.74) is 0. The Morgan fingerprint density at radius 1 is 0.421 bits per heavy atom. The minimum atomic E-state index is 0.987. The molecule has 0 heterocycles. The second-order valence-electron chi connectivity index (χ2n) is 5.86. The fraction of sp³-hybridized carbons (Fsp3) is 1.00. The van der Waals surface area contributed by atoms with E-state index in [4.69, 9.17) is 4.74 Å². The van der Waals surface area contributed by atoms with Crippen molar-refractivity contribution in [3.63, 3.8) is 0 Å². The van der Waals surface area contributed by atoms with Crippen molar-refractivity contribution in [1.82, 2.24) is 0 Å². The largest absolute Gasteiger partial charge is 0.381 e. The Balaban J connectivity index is 2.88. The summed E-state index contributed by atoms with van der Waals surface area (Å²) in [5, 5.41) is 0. The molecule has 1 nitrogen and oxygen atoms in total. The molecule has 0 aromatic heterocycles. The molecule has 0 spiro atoms. The Morgan fingerprint density at radius 3 is 1.11 bits per heavy atom. The summed E-state index contributed by atoms with van der Waals surface area (Å²) in [6, 6.07) is 0. The lowest BCUT2D eigenvalue weighted by molar-refractivity contribution is 0.125. The highest BCUT2D eigenvalue weighted by molar-refractivity contribution is 4.47. The van der Waals surface area contributed by atoms with Gasteiger partial charge in [-0.05, 0) is 12.8 Å². The SMILES string of the molecule is CCCCCCCCCCCOCCCCCCC. The first-order chi connectivity index (χ1) is 9.41. The van der Waals surface area contributed by atoms with Crippen molar-refractivity contribution in [2.45, 2.75) is 104 Å². The third-order valence-electron chi connectivity index (χ3n) is 3.78. The molecule has 0 fully saturated rings. The van der Waals surface area contributed by atoms with Crippen LogP contribution in [0.25, 0.3) is 0 Å². The van der Waals surface area contributed by atoms with Crippen LogP contribution in [0.5, 0.6) is 0 Å². The van der Waals surface area contributed by atoms with Crippen LogP contribution in [0.4, 0.5) is 0 Å². The van der Waals surface area contributed by atoms with E-state index < -0.39 is 0 Å². The van der Waals surface area contributed by atoms with Crippen molar-refractivity contribution in [2.24, 2.45) is 0 Å². The predicted molar refractivity (Wildman–Crippen MR) is 86.8 cm³/mol. The zero-order valence-corrected chi connectivity index (χ0v) is 13.7. The number of hydrogen-bond donors (Lipinski definition) is 0. The van der Waals surface area contributed by atoms with Gasteiger partial charge in [-0.25, -0.2) is 0 Å². The van der Waals surface area contributed by atoms with Crippen LogP contribution in [0.1, 0.15) is 104 Å². The van der Waals surface area contributed by atoms with Crippen LogP contribution < -0.4 is 0 Å². The first-order valence-corrected chi connectivity index (χ1v) is 8.99. The van der Waals surface area contributed by atoms with Crippen LogP contribution in [0.2, 0.25) is 0 Å². The topological polar surface area (TPSA) is 9.23 Å². The molecule has 0 N–H and O–H groups in total. The van der Waals surface area contributed by atoms with Gasteiger partial charge in [0.25, 0.3) is 0 Å². The second-order valence-corrected chi connectivity index (χ2v) is 5.86. The maximum absolute atomic E-state index is 5.67. The van der Waals surface area contributed by atoms with E-state index in [0.717, 1.165) is 13.2 Å². The normalized spacial score (nSPS) is 11.1. The van der Waals surface area contributed by atoms with Gasteiger partial charge in [-0.15, -0.1) is 0 Å². The number of unbranched alkanes of at least 4 members (excludes halogenated alkanes) is 12. The summed E-state index contributed by atoms with van der Waals surface area (Å²) in [5.74, 6) is 0. The third kappa shape index (κ3) is 18.0. The maximum atomic E-state index is 5.67. The fourth-order valence-corrected chi connectivity index (χ4v) is 2.42. The molecule has 0 unspecified atom stereocenters. The van der Waals surface area contributed by atoms with Gasteiger partial charge in [0.2, 0.25) is 0 Å². The van der Waals surface area contributed by atoms with Gasteiger partial charge >= 0.3 is 0 Å². The molecular weight excluding hydrogens is 232 g/mol. The van der Waals surface area contributed by atoms with Crippen LogP contribution >= 0.6 is 0 Å². The maximum Gasteiger partial charge on any atom is 0.0466 e. The summed E-state index contributed by atoms with van der Waals surface area (Å²) >= 11 is 0. The summed E-state index contributed by atoms with van der Waals surface area (Å²) in [7, 11) is 0. The molecule has 0 aliphatic carbocycles. The van der Waals surface area contributed by atoms with Gasteiger partial charge in [0, 0.05) is 13.2 Å². The van der Waals surface area contributed by atoms with E-state index in [1.807, 2.05) is 0 Å². The highest BCUT2D eigenvalue weighted by atomic mass is 16.5. The number of ether oxygens (including phenoxy) is 1. The minimum absolute atomic E-state index is 0.987. The van der Waals surface area contributed by atoms with E-state index in [2.05, 4.69) is 13.8 Å². The molecule has 0 saturated heterocycles. The van der Waals surface area contributed by atoms with Gasteiger partial charge in [-0.3, -0.25) is 0 Å². The van der Waals surface area contributed by atoms with Gasteiger partial charge in [-0.2, -0.15) is 0 Å². The summed E-state index contributed by atoms with van der Waals surface area (Å²) in [6.07, 6.45) is 19.3. The first kappa shape index (κ1) is 19.0. The molecule has 0 amide bonds. The lowest BCUT2D eigenvalue weighted by Gasteiger charge is -2.04. The van der Waals surface area contributed by atoms with Crippen LogP contribution in [0, 0.1) is 0 Å². The van der Waals surface area contributed by atoms with Crippen LogP contribution in [0.3, 0.4) is 0 Å². The van der Waals surface area contributed by atoms with Gasteiger partial charge in [0.05, 0.1) is 0 Å². The molecule has 0 bridgehead atoms. The van der Waals surface area contributed by atoms with Crippen molar-refractivity contribution in [3.05, 3.63) is 0 Å². The molecule has 0 saturated carbocycles. The zero-order valence-electron chi connectivity index (χ0n) is 13.7. The smallest absolute Gasteiger partial charge is 0.0466 e. The summed E-state index contributed by atoms with van der Waals surface area (Å²) < 4.78 is 5.67. The van der Waals surface area contributed by atoms with Crippen molar-refractivity contribution >= 4 is 0 Å². The molecule has 0 radical (unpaired) electrons. The highest BCUT2D eigenvalue weighted by Gasteiger charge is 1.93. The van der Waals surface area contributed by atoms with E-state index in [-0.39, 0.29) is 0 Å². The first-order valence-electron chi connectivity index (χ1n) is 8.99. The van der Waals surface area contributed by atoms with Crippen LogP contribution in [-0.4, -0.2) is 13.2 Å². The Kier molecular flexibility index (Phi) is 17.9. The van der Waals surface area contributed by atoms with Crippen LogP contribution in [-0.2, 0) is 4.74 Å². The standard InChI is InChI=1S/C18H38O/c1-3-5-7-9-10-11-12-14-16-18-19-17-15-13-8-6-4-2/h3-18H2,1-2H3. The highest BCUT2D eigenvalue weighted by Crippen LogP contribution is 2.09. The minimum Gasteiger partial charge on any atom is -0.381 e. The van der Waals surface area contributed by atoms with E-state index >= 15 is 0 Å². The van der Waals surface area contributed by atoms with Gasteiger partial charge in [-0.1, -0.05) is 90.9 Å². The van der Waals surface area contributed by atoms with Gasteiger partial charge in [0.1, 0.15) is 0 Å². The van der Waals surface area contributed by atoms with E-state index in [0.29, 0.717) is 0 Å². The molecule has 0 rings (SSSR count). The Labute approximate surface area is 122 Å². The number of rotatable bonds is 16. The summed E-state index contributed by atoms with van der Waals surface area (Å²) in [4.78, 5) is 0. The summed E-state index contributed by atoms with van der Waals surface area (Å²) in [6.45, 7) is 6.52. The zero-order chi connectivity index (χ0) is 14.0. The fourth-order valence-electron chi connectivity index (χ4n) is 2.42. The molecule has 1 heteroatoms. The second kappa shape index (κ2) is 18.0. The van der Waals surface area contributed by atoms with Gasteiger partial charge in [0.15, 0.2) is 0 Å². The van der Waals surface area contributed by atoms with E-state index in [1.54, 1.807) is 0 Å². The molecule has 0 aromatic rings. The Bertz CT molecular complexity index is 129. The van der Waals surface area contributed by atoms with Gasteiger partial charge < -0.3 is 4.74 Å². The van der Waals surface area contributed by atoms with Crippen LogP contribution in [0.15, 0.2) is 0 Å². The Hall–Kier alpha value is -0.0400. The lowest BCUT2D eigenvalue weighted by atomic mass is 10.1. The van der Waals surface area contributed by atoms with Crippen molar-refractivity contribution < 1.29 is 4.74 Å². The predicted octanol–water partition coefficient (Wildman–Crippen LogP) is 6.50. The van der Waals surface area contributed by atoms with E-state index in [9.17, 15) is 0 Å². The monoisotopic (exact) mass is 270 g/mol.